The molecule has 0 bridgehead atoms. The van der Waals surface area contributed by atoms with E-state index in [-0.39, 0.29) is 18.6 Å². The van der Waals surface area contributed by atoms with Crippen LogP contribution in [-0.2, 0) is 4.79 Å². The Morgan fingerprint density at radius 1 is 1.41 bits per heavy atom. The molecule has 2 unspecified atom stereocenters. The molecule has 1 aromatic carbocycles. The molecule has 22 heavy (non-hydrogen) atoms. The Morgan fingerprint density at radius 3 is 2.77 bits per heavy atom. The molecule has 2 rings (SSSR count). The van der Waals surface area contributed by atoms with E-state index in [2.05, 4.69) is 17.1 Å². The van der Waals surface area contributed by atoms with Gasteiger partial charge in [-0.15, -0.1) is 0 Å². The van der Waals surface area contributed by atoms with Gasteiger partial charge in [-0.2, -0.15) is 5.26 Å². The fourth-order valence-electron chi connectivity index (χ4n) is 3.02. The number of rotatable bonds is 5. The summed E-state index contributed by atoms with van der Waals surface area (Å²) < 4.78 is 0. The van der Waals surface area contributed by atoms with E-state index in [1.54, 1.807) is 24.3 Å². The summed E-state index contributed by atoms with van der Waals surface area (Å²) in [7, 11) is 0. The van der Waals surface area contributed by atoms with Crippen molar-refractivity contribution < 1.29 is 9.90 Å². The van der Waals surface area contributed by atoms with Gasteiger partial charge in [-0.05, 0) is 44.0 Å². The maximum Gasteiger partial charge on any atom is 0.225 e. The predicted molar refractivity (Wildman–Crippen MR) is 85.3 cm³/mol. The van der Waals surface area contributed by atoms with Gasteiger partial charge in [-0.3, -0.25) is 9.69 Å². The van der Waals surface area contributed by atoms with Gasteiger partial charge in [-0.25, -0.2) is 0 Å². The van der Waals surface area contributed by atoms with E-state index in [0.717, 1.165) is 19.3 Å². The lowest BCUT2D eigenvalue weighted by Gasteiger charge is -2.39. The molecule has 1 aliphatic heterocycles. The largest absolute Gasteiger partial charge is 0.395 e. The third kappa shape index (κ3) is 4.30. The number of likely N-dealkylation sites (tertiary alicyclic amines) is 1. The van der Waals surface area contributed by atoms with Crippen LogP contribution in [0.25, 0.3) is 0 Å². The van der Waals surface area contributed by atoms with E-state index in [1.807, 2.05) is 6.07 Å². The molecule has 1 aromatic rings. The molecule has 1 saturated heterocycles. The van der Waals surface area contributed by atoms with Crippen molar-refractivity contribution in [2.75, 3.05) is 18.5 Å². The smallest absolute Gasteiger partial charge is 0.225 e. The van der Waals surface area contributed by atoms with Crippen molar-refractivity contribution in [1.29, 1.82) is 5.26 Å². The number of aliphatic hydroxyl groups excluding tert-OH is 1. The van der Waals surface area contributed by atoms with E-state index in [0.29, 0.717) is 30.3 Å². The zero-order chi connectivity index (χ0) is 15.9. The second-order valence-corrected chi connectivity index (χ2v) is 5.84. The minimum atomic E-state index is -0.0424. The Balaban J connectivity index is 1.84. The molecule has 2 N–H and O–H groups in total. The summed E-state index contributed by atoms with van der Waals surface area (Å²) in [6.07, 6.45) is 3.66. The van der Waals surface area contributed by atoms with Crippen LogP contribution in [0.4, 0.5) is 5.69 Å². The summed E-state index contributed by atoms with van der Waals surface area (Å²) >= 11 is 0. The fraction of sp³-hybridized carbons (Fsp3) is 0.529. The quantitative estimate of drug-likeness (QED) is 0.873. The number of benzene rings is 1. The second kappa shape index (κ2) is 7.92. The Hall–Kier alpha value is -1.90. The topological polar surface area (TPSA) is 76.4 Å². The highest BCUT2D eigenvalue weighted by atomic mass is 16.3. The Kier molecular flexibility index (Phi) is 5.93. The maximum atomic E-state index is 12.0. The number of piperidine rings is 1. The SMILES string of the molecule is CC1CCCC(CO)N1CCC(=O)Nc1ccc(C#N)cc1. The average Bonchev–Trinajstić information content (AvgIpc) is 2.54. The van der Waals surface area contributed by atoms with Crippen molar-refractivity contribution in [2.24, 2.45) is 0 Å². The fourth-order valence-corrected chi connectivity index (χ4v) is 3.02. The zero-order valence-corrected chi connectivity index (χ0v) is 13.0. The van der Waals surface area contributed by atoms with Crippen LogP contribution in [0.5, 0.6) is 0 Å². The monoisotopic (exact) mass is 301 g/mol. The Morgan fingerprint density at radius 2 is 2.14 bits per heavy atom. The van der Waals surface area contributed by atoms with Crippen molar-refractivity contribution in [1.82, 2.24) is 4.90 Å². The number of hydrogen-bond acceptors (Lipinski definition) is 4. The lowest BCUT2D eigenvalue weighted by molar-refractivity contribution is -0.117. The average molecular weight is 301 g/mol. The van der Waals surface area contributed by atoms with Crippen LogP contribution < -0.4 is 5.32 Å². The van der Waals surface area contributed by atoms with Crippen molar-refractivity contribution in [3.8, 4) is 6.07 Å². The molecule has 2 atom stereocenters. The molecule has 0 saturated carbocycles. The first-order chi connectivity index (χ1) is 10.6. The number of carbonyl (C=O) groups excluding carboxylic acids is 1. The van der Waals surface area contributed by atoms with Gasteiger partial charge in [0.2, 0.25) is 5.91 Å². The standard InChI is InChI=1S/C17H23N3O2/c1-13-3-2-4-16(12-21)20(13)10-9-17(22)19-15-7-5-14(11-18)6-8-15/h5-8,13,16,21H,2-4,9-10,12H2,1H3,(H,19,22). The lowest BCUT2D eigenvalue weighted by atomic mass is 9.96. The zero-order valence-electron chi connectivity index (χ0n) is 13.0. The number of hydrogen-bond donors (Lipinski definition) is 2. The van der Waals surface area contributed by atoms with Crippen LogP contribution in [-0.4, -0.2) is 41.1 Å². The highest BCUT2D eigenvalue weighted by molar-refractivity contribution is 5.90. The van der Waals surface area contributed by atoms with Crippen LogP contribution >= 0.6 is 0 Å². The normalized spacial score (nSPS) is 22.0. The van der Waals surface area contributed by atoms with Crippen LogP contribution in [0.15, 0.2) is 24.3 Å². The maximum absolute atomic E-state index is 12.0. The molecule has 5 nitrogen and oxygen atoms in total. The Bertz CT molecular complexity index is 536. The molecule has 1 aliphatic rings. The molecule has 0 aliphatic carbocycles. The molecule has 0 radical (unpaired) electrons. The molecule has 0 aromatic heterocycles. The van der Waals surface area contributed by atoms with E-state index >= 15 is 0 Å². The van der Waals surface area contributed by atoms with Crippen LogP contribution in [0, 0.1) is 11.3 Å². The summed E-state index contributed by atoms with van der Waals surface area (Å²) in [5, 5.41) is 21.1. The van der Waals surface area contributed by atoms with E-state index < -0.39 is 0 Å². The number of nitriles is 1. The van der Waals surface area contributed by atoms with Crippen molar-refractivity contribution >= 4 is 11.6 Å². The third-order valence-corrected chi connectivity index (χ3v) is 4.30. The highest BCUT2D eigenvalue weighted by Gasteiger charge is 2.27. The summed E-state index contributed by atoms with van der Waals surface area (Å²) in [5.41, 5.74) is 1.28. The van der Waals surface area contributed by atoms with Gasteiger partial charge in [0, 0.05) is 30.7 Å². The minimum Gasteiger partial charge on any atom is -0.395 e. The highest BCUT2D eigenvalue weighted by Crippen LogP contribution is 2.22. The van der Waals surface area contributed by atoms with E-state index in [9.17, 15) is 9.90 Å². The van der Waals surface area contributed by atoms with Crippen LogP contribution in [0.3, 0.4) is 0 Å². The molecule has 1 fully saturated rings. The number of aliphatic hydroxyl groups is 1. The molecular weight excluding hydrogens is 278 g/mol. The number of carbonyl (C=O) groups is 1. The van der Waals surface area contributed by atoms with Gasteiger partial charge >= 0.3 is 0 Å². The van der Waals surface area contributed by atoms with Crippen molar-refractivity contribution in [3.05, 3.63) is 29.8 Å². The van der Waals surface area contributed by atoms with Gasteiger partial charge < -0.3 is 10.4 Å². The van der Waals surface area contributed by atoms with Gasteiger partial charge in [-0.1, -0.05) is 6.42 Å². The Labute approximate surface area is 131 Å². The number of nitrogens with one attached hydrogen (secondary N) is 1. The summed E-state index contributed by atoms with van der Waals surface area (Å²) in [6.45, 7) is 2.97. The van der Waals surface area contributed by atoms with Gasteiger partial charge in [0.05, 0.1) is 18.2 Å². The van der Waals surface area contributed by atoms with Gasteiger partial charge in [0.15, 0.2) is 0 Å². The van der Waals surface area contributed by atoms with Crippen molar-refractivity contribution in [2.45, 2.75) is 44.7 Å². The summed E-state index contributed by atoms with van der Waals surface area (Å²) in [6, 6.07) is 9.47. The number of anilines is 1. The third-order valence-electron chi connectivity index (χ3n) is 4.30. The van der Waals surface area contributed by atoms with Crippen molar-refractivity contribution in [3.63, 3.8) is 0 Å². The summed E-state index contributed by atoms with van der Waals surface area (Å²) in [5.74, 6) is -0.0424. The van der Waals surface area contributed by atoms with Gasteiger partial charge in [0.25, 0.3) is 0 Å². The first kappa shape index (κ1) is 16.5. The van der Waals surface area contributed by atoms with E-state index in [1.165, 1.54) is 0 Å². The first-order valence-electron chi connectivity index (χ1n) is 7.80. The van der Waals surface area contributed by atoms with Crippen LogP contribution in [0.1, 0.15) is 38.2 Å². The number of amides is 1. The molecule has 118 valence electrons. The molecule has 1 amide bonds. The first-order valence-corrected chi connectivity index (χ1v) is 7.80. The predicted octanol–water partition coefficient (Wildman–Crippen LogP) is 2.12. The lowest BCUT2D eigenvalue weighted by Crippen LogP contribution is -2.48. The molecule has 0 spiro atoms. The van der Waals surface area contributed by atoms with Gasteiger partial charge in [0.1, 0.15) is 0 Å². The van der Waals surface area contributed by atoms with Crippen LogP contribution in [0.2, 0.25) is 0 Å². The molecular formula is C17H23N3O2. The summed E-state index contributed by atoms with van der Waals surface area (Å²) in [4.78, 5) is 14.3. The van der Waals surface area contributed by atoms with E-state index in [4.69, 9.17) is 5.26 Å². The minimum absolute atomic E-state index is 0.0424. The molecule has 5 heteroatoms. The number of nitrogens with zero attached hydrogens (tertiary/aromatic N) is 2. The molecule has 1 heterocycles. The second-order valence-electron chi connectivity index (χ2n) is 5.84.